The highest BCUT2D eigenvalue weighted by atomic mass is 32.2. The van der Waals surface area contributed by atoms with Crippen molar-refractivity contribution in [3.63, 3.8) is 0 Å². The first-order valence-corrected chi connectivity index (χ1v) is 8.95. The van der Waals surface area contributed by atoms with Gasteiger partial charge in [-0.2, -0.15) is 0 Å². The standard InChI is InChI=1S/C13H23NO4S/c1-19(16,17)12-4-2-3-10(7-12)13(15)8-11-9-18-6-5-14-11/h10-12,14H,2-9H2,1H3. The van der Waals surface area contributed by atoms with Gasteiger partial charge in [-0.15, -0.1) is 0 Å². The van der Waals surface area contributed by atoms with Crippen LogP contribution in [0.3, 0.4) is 0 Å². The summed E-state index contributed by atoms with van der Waals surface area (Å²) in [6.07, 6.45) is 4.61. The molecule has 2 rings (SSSR count). The number of hydrogen-bond acceptors (Lipinski definition) is 5. The quantitative estimate of drug-likeness (QED) is 0.817. The van der Waals surface area contributed by atoms with Crippen LogP contribution in [-0.4, -0.2) is 51.5 Å². The van der Waals surface area contributed by atoms with Crippen LogP contribution in [0.2, 0.25) is 0 Å². The summed E-state index contributed by atoms with van der Waals surface area (Å²) in [6.45, 7) is 2.06. The Bertz CT molecular complexity index is 414. The second kappa shape index (κ2) is 6.33. The molecule has 0 aromatic heterocycles. The lowest BCUT2D eigenvalue weighted by atomic mass is 9.84. The predicted molar refractivity (Wildman–Crippen MR) is 72.8 cm³/mol. The van der Waals surface area contributed by atoms with Crippen LogP contribution in [0, 0.1) is 5.92 Å². The van der Waals surface area contributed by atoms with Crippen molar-refractivity contribution in [2.24, 2.45) is 5.92 Å². The third-order valence-corrected chi connectivity index (χ3v) is 5.77. The molecule has 19 heavy (non-hydrogen) atoms. The molecule has 1 saturated carbocycles. The van der Waals surface area contributed by atoms with Crippen molar-refractivity contribution >= 4 is 15.6 Å². The van der Waals surface area contributed by atoms with Crippen LogP contribution < -0.4 is 5.32 Å². The van der Waals surface area contributed by atoms with Gasteiger partial charge in [-0.05, 0) is 19.3 Å². The monoisotopic (exact) mass is 289 g/mol. The number of rotatable bonds is 4. The zero-order valence-electron chi connectivity index (χ0n) is 11.4. The average Bonchev–Trinajstić information content (AvgIpc) is 2.39. The molecule has 1 aliphatic carbocycles. The molecule has 1 heterocycles. The van der Waals surface area contributed by atoms with Crippen molar-refractivity contribution in [2.45, 2.75) is 43.4 Å². The van der Waals surface area contributed by atoms with Crippen LogP contribution in [0.5, 0.6) is 0 Å². The Labute approximate surface area is 115 Å². The van der Waals surface area contributed by atoms with Crippen LogP contribution in [0.25, 0.3) is 0 Å². The van der Waals surface area contributed by atoms with E-state index in [4.69, 9.17) is 4.74 Å². The summed E-state index contributed by atoms with van der Waals surface area (Å²) in [7, 11) is -3.02. The molecule has 1 aliphatic heterocycles. The van der Waals surface area contributed by atoms with E-state index in [9.17, 15) is 13.2 Å². The summed E-state index contributed by atoms with van der Waals surface area (Å²) >= 11 is 0. The molecule has 0 bridgehead atoms. The fourth-order valence-electron chi connectivity index (χ4n) is 2.99. The molecular weight excluding hydrogens is 266 g/mol. The van der Waals surface area contributed by atoms with Gasteiger partial charge in [-0.3, -0.25) is 4.79 Å². The number of ketones is 1. The van der Waals surface area contributed by atoms with Gasteiger partial charge in [0, 0.05) is 31.2 Å². The highest BCUT2D eigenvalue weighted by molar-refractivity contribution is 7.91. The Morgan fingerprint density at radius 1 is 1.37 bits per heavy atom. The van der Waals surface area contributed by atoms with Crippen molar-refractivity contribution in [2.75, 3.05) is 26.0 Å². The lowest BCUT2D eigenvalue weighted by molar-refractivity contribution is -0.124. The summed E-state index contributed by atoms with van der Waals surface area (Å²) in [4.78, 5) is 12.2. The fourth-order valence-corrected chi connectivity index (χ4v) is 4.16. The van der Waals surface area contributed by atoms with E-state index in [2.05, 4.69) is 5.32 Å². The number of carbonyl (C=O) groups excluding carboxylic acids is 1. The molecule has 6 heteroatoms. The molecule has 1 saturated heterocycles. The molecule has 0 aromatic carbocycles. The Balaban J connectivity index is 1.88. The van der Waals surface area contributed by atoms with E-state index in [1.165, 1.54) is 6.26 Å². The number of nitrogens with one attached hydrogen (secondary N) is 1. The third-order valence-electron chi connectivity index (χ3n) is 4.13. The Morgan fingerprint density at radius 3 is 2.79 bits per heavy atom. The van der Waals surface area contributed by atoms with E-state index in [-0.39, 0.29) is 23.0 Å². The Morgan fingerprint density at radius 2 is 2.16 bits per heavy atom. The summed E-state index contributed by atoms with van der Waals surface area (Å²) in [5, 5.41) is 2.94. The van der Waals surface area contributed by atoms with Crippen LogP contribution in [0.1, 0.15) is 32.1 Å². The molecule has 3 atom stereocenters. The highest BCUT2D eigenvalue weighted by Crippen LogP contribution is 2.30. The SMILES string of the molecule is CS(=O)(=O)C1CCCC(C(=O)CC2COCCN2)C1. The minimum Gasteiger partial charge on any atom is -0.379 e. The van der Waals surface area contributed by atoms with Crippen LogP contribution in [0.15, 0.2) is 0 Å². The van der Waals surface area contributed by atoms with Crippen molar-refractivity contribution < 1.29 is 17.9 Å². The maximum atomic E-state index is 12.2. The first-order chi connectivity index (χ1) is 8.97. The first-order valence-electron chi connectivity index (χ1n) is 6.99. The van der Waals surface area contributed by atoms with Gasteiger partial charge in [-0.25, -0.2) is 8.42 Å². The summed E-state index contributed by atoms with van der Waals surface area (Å²) < 4.78 is 28.5. The van der Waals surface area contributed by atoms with Gasteiger partial charge in [-0.1, -0.05) is 6.42 Å². The number of carbonyl (C=O) groups is 1. The number of hydrogen-bond donors (Lipinski definition) is 1. The summed E-state index contributed by atoms with van der Waals surface area (Å²) in [5.41, 5.74) is 0. The van der Waals surface area contributed by atoms with Gasteiger partial charge in [0.15, 0.2) is 0 Å². The highest BCUT2D eigenvalue weighted by Gasteiger charge is 2.33. The molecule has 3 unspecified atom stereocenters. The molecule has 0 aromatic rings. The van der Waals surface area contributed by atoms with Crippen LogP contribution in [-0.2, 0) is 19.4 Å². The van der Waals surface area contributed by atoms with Crippen molar-refractivity contribution in [1.29, 1.82) is 0 Å². The maximum absolute atomic E-state index is 12.2. The molecule has 2 fully saturated rings. The maximum Gasteiger partial charge on any atom is 0.150 e. The van der Waals surface area contributed by atoms with Gasteiger partial charge in [0.05, 0.1) is 18.5 Å². The number of morpholine rings is 1. The first kappa shape index (κ1) is 14.9. The molecule has 5 nitrogen and oxygen atoms in total. The topological polar surface area (TPSA) is 72.5 Å². The van der Waals surface area contributed by atoms with E-state index in [0.717, 1.165) is 19.4 Å². The van der Waals surface area contributed by atoms with Gasteiger partial charge >= 0.3 is 0 Å². The van der Waals surface area contributed by atoms with E-state index >= 15 is 0 Å². The molecule has 0 radical (unpaired) electrons. The number of sulfone groups is 1. The van der Waals surface area contributed by atoms with E-state index in [1.54, 1.807) is 0 Å². The van der Waals surface area contributed by atoms with E-state index < -0.39 is 9.84 Å². The summed E-state index contributed by atoms with van der Waals surface area (Å²) in [5.74, 6) is 0.105. The van der Waals surface area contributed by atoms with E-state index in [1.807, 2.05) is 0 Å². The second-order valence-electron chi connectivity index (χ2n) is 5.71. The molecule has 0 amide bonds. The van der Waals surface area contributed by atoms with Crippen LogP contribution >= 0.6 is 0 Å². The lowest BCUT2D eigenvalue weighted by Gasteiger charge is -2.29. The van der Waals surface area contributed by atoms with Gasteiger partial charge in [0.2, 0.25) is 0 Å². The normalized spacial score (nSPS) is 33.0. The van der Waals surface area contributed by atoms with Crippen molar-refractivity contribution in [3.8, 4) is 0 Å². The fraction of sp³-hybridized carbons (Fsp3) is 0.923. The largest absolute Gasteiger partial charge is 0.379 e. The molecule has 0 spiro atoms. The molecular formula is C13H23NO4S. The van der Waals surface area contributed by atoms with Crippen molar-refractivity contribution in [3.05, 3.63) is 0 Å². The third kappa shape index (κ3) is 4.26. The second-order valence-corrected chi connectivity index (χ2v) is 8.04. The molecule has 1 N–H and O–H groups in total. The number of ether oxygens (including phenoxy) is 1. The zero-order valence-corrected chi connectivity index (χ0v) is 12.2. The minimum atomic E-state index is -3.02. The average molecular weight is 289 g/mol. The predicted octanol–water partition coefficient (Wildman–Crippen LogP) is 0.537. The van der Waals surface area contributed by atoms with Gasteiger partial charge in [0.1, 0.15) is 15.6 Å². The summed E-state index contributed by atoms with van der Waals surface area (Å²) in [6, 6.07) is 0.0971. The van der Waals surface area contributed by atoms with Crippen molar-refractivity contribution in [1.82, 2.24) is 5.32 Å². The smallest absolute Gasteiger partial charge is 0.150 e. The van der Waals surface area contributed by atoms with Gasteiger partial charge < -0.3 is 10.1 Å². The van der Waals surface area contributed by atoms with Gasteiger partial charge in [0.25, 0.3) is 0 Å². The molecule has 2 aliphatic rings. The Hall–Kier alpha value is -0.460. The van der Waals surface area contributed by atoms with Crippen LogP contribution in [0.4, 0.5) is 0 Å². The Kier molecular flexibility index (Phi) is 4.97. The minimum absolute atomic E-state index is 0.0859. The number of Topliss-reactive ketones (excluding diaryl/α,β-unsaturated/α-hetero) is 1. The lowest BCUT2D eigenvalue weighted by Crippen LogP contribution is -2.43. The zero-order chi connectivity index (χ0) is 13.9. The molecule has 110 valence electrons. The van der Waals surface area contributed by atoms with E-state index in [0.29, 0.717) is 32.5 Å².